The molecule has 0 fully saturated rings. The fourth-order valence-electron chi connectivity index (χ4n) is 1.34. The van der Waals surface area contributed by atoms with Gasteiger partial charge in [0.1, 0.15) is 12.1 Å². The third-order valence-corrected chi connectivity index (χ3v) is 2.59. The molecule has 3 nitrogen and oxygen atoms in total. The van der Waals surface area contributed by atoms with Crippen LogP contribution in [0.5, 0.6) is 0 Å². The van der Waals surface area contributed by atoms with Crippen LogP contribution in [0.3, 0.4) is 0 Å². The Morgan fingerprint density at radius 2 is 1.00 bits per heavy atom. The van der Waals surface area contributed by atoms with Crippen LogP contribution in [0.4, 0.5) is 0 Å². The number of rotatable bonds is 0. The highest BCUT2D eigenvalue weighted by atomic mass is 14.3. The van der Waals surface area contributed by atoms with Crippen LogP contribution in [-0.4, -0.2) is 0 Å². The van der Waals surface area contributed by atoms with Gasteiger partial charge in [-0.2, -0.15) is 10.5 Å². The zero-order valence-electron chi connectivity index (χ0n) is 11.2. The molecule has 0 amide bonds. The van der Waals surface area contributed by atoms with Crippen LogP contribution >= 0.6 is 0 Å². The second kappa shape index (κ2) is 8.47. The molecule has 96 valence electrons. The quantitative estimate of drug-likeness (QED) is 0.770. The molecule has 0 aliphatic carbocycles. The number of benzene rings is 2. The van der Waals surface area contributed by atoms with E-state index in [0.717, 1.165) is 0 Å². The van der Waals surface area contributed by atoms with E-state index in [0.29, 0.717) is 11.1 Å². The van der Waals surface area contributed by atoms with Crippen molar-refractivity contribution < 1.29 is 0 Å². The summed E-state index contributed by atoms with van der Waals surface area (Å²) in [6.07, 6.45) is 0. The monoisotopic (exact) mass is 251 g/mol. The molecule has 2 aromatic rings. The Kier molecular flexibility index (Phi) is 7.30. The zero-order valence-corrected chi connectivity index (χ0v) is 11.2. The van der Waals surface area contributed by atoms with Gasteiger partial charge in [0.25, 0.3) is 0 Å². The summed E-state index contributed by atoms with van der Waals surface area (Å²) in [5.74, 6) is 0. The van der Waals surface area contributed by atoms with Gasteiger partial charge in [-0.05, 0) is 37.1 Å². The maximum atomic E-state index is 8.45. The van der Waals surface area contributed by atoms with Crippen molar-refractivity contribution in [1.82, 2.24) is 6.15 Å². The molecule has 0 heterocycles. The summed E-state index contributed by atoms with van der Waals surface area (Å²) in [5, 5.41) is 16.9. The molecule has 2 rings (SSSR count). The van der Waals surface area contributed by atoms with Crippen LogP contribution in [0.1, 0.15) is 22.3 Å². The largest absolute Gasteiger partial charge is 0.344 e. The minimum Gasteiger partial charge on any atom is -0.344 e. The first-order chi connectivity index (χ1) is 8.69. The van der Waals surface area contributed by atoms with E-state index in [9.17, 15) is 0 Å². The molecular formula is C16H17N3. The van der Waals surface area contributed by atoms with Crippen LogP contribution in [0.15, 0.2) is 48.5 Å². The van der Waals surface area contributed by atoms with Gasteiger partial charge >= 0.3 is 0 Å². The average molecular weight is 251 g/mol. The van der Waals surface area contributed by atoms with E-state index in [1.54, 1.807) is 24.3 Å². The Balaban J connectivity index is 0.000000331. The second-order valence-electron chi connectivity index (χ2n) is 3.85. The maximum absolute atomic E-state index is 8.45. The molecule has 19 heavy (non-hydrogen) atoms. The van der Waals surface area contributed by atoms with E-state index >= 15 is 0 Å². The first-order valence-corrected chi connectivity index (χ1v) is 5.60. The van der Waals surface area contributed by atoms with E-state index in [1.807, 2.05) is 12.1 Å². The lowest BCUT2D eigenvalue weighted by Crippen LogP contribution is -1.79. The van der Waals surface area contributed by atoms with Crippen molar-refractivity contribution in [2.45, 2.75) is 13.8 Å². The topological polar surface area (TPSA) is 82.6 Å². The summed E-state index contributed by atoms with van der Waals surface area (Å²) in [5.41, 5.74) is 3.61. The Hall–Kier alpha value is -2.62. The van der Waals surface area contributed by atoms with Gasteiger partial charge in [-0.3, -0.25) is 0 Å². The third kappa shape index (κ3) is 5.04. The predicted molar refractivity (Wildman–Crippen MR) is 76.8 cm³/mol. The summed E-state index contributed by atoms with van der Waals surface area (Å²) in [7, 11) is 0. The van der Waals surface area contributed by atoms with E-state index in [-0.39, 0.29) is 6.15 Å². The SMILES string of the molecule is Cc1ccccc1C.N.N#Cc1ccccc1C#N. The van der Waals surface area contributed by atoms with Gasteiger partial charge in [0.15, 0.2) is 0 Å². The minimum atomic E-state index is 0. The van der Waals surface area contributed by atoms with Crippen molar-refractivity contribution in [3.8, 4) is 12.1 Å². The highest BCUT2D eigenvalue weighted by Gasteiger charge is 1.95. The fourth-order valence-corrected chi connectivity index (χ4v) is 1.34. The van der Waals surface area contributed by atoms with Crippen molar-refractivity contribution in [2.75, 3.05) is 0 Å². The molecule has 0 atom stereocenters. The van der Waals surface area contributed by atoms with Crippen LogP contribution in [0.25, 0.3) is 0 Å². The Morgan fingerprint density at radius 3 is 1.26 bits per heavy atom. The summed E-state index contributed by atoms with van der Waals surface area (Å²) in [6.45, 7) is 4.24. The number of hydrogen-bond donors (Lipinski definition) is 1. The average Bonchev–Trinajstić information content (AvgIpc) is 2.42. The fraction of sp³-hybridized carbons (Fsp3) is 0.125. The molecule has 0 aromatic heterocycles. The van der Waals surface area contributed by atoms with Crippen molar-refractivity contribution in [3.05, 3.63) is 70.8 Å². The molecule has 0 aliphatic heterocycles. The molecule has 0 unspecified atom stereocenters. The molecular weight excluding hydrogens is 234 g/mol. The van der Waals surface area contributed by atoms with Crippen LogP contribution < -0.4 is 6.15 Å². The predicted octanol–water partition coefficient (Wildman–Crippen LogP) is 3.90. The normalized spacial score (nSPS) is 8.00. The number of hydrogen-bond acceptors (Lipinski definition) is 3. The van der Waals surface area contributed by atoms with Crippen molar-refractivity contribution in [2.24, 2.45) is 0 Å². The standard InChI is InChI=1S/C8H4N2.C8H10.H3N/c9-5-7-3-1-2-4-8(7)6-10;1-7-5-3-4-6-8(7)2;/h1-4H;3-6H,1-2H3;1H3. The summed E-state index contributed by atoms with van der Waals surface area (Å²) in [6, 6.07) is 18.9. The number of nitriles is 2. The van der Waals surface area contributed by atoms with E-state index < -0.39 is 0 Å². The first-order valence-electron chi connectivity index (χ1n) is 5.60. The highest BCUT2D eigenvalue weighted by Crippen LogP contribution is 2.04. The molecule has 0 radical (unpaired) electrons. The lowest BCUT2D eigenvalue weighted by atomic mass is 10.1. The Morgan fingerprint density at radius 1 is 0.684 bits per heavy atom. The first kappa shape index (κ1) is 16.4. The lowest BCUT2D eigenvalue weighted by Gasteiger charge is -1.93. The van der Waals surface area contributed by atoms with Crippen LogP contribution in [0.2, 0.25) is 0 Å². The zero-order chi connectivity index (χ0) is 13.4. The van der Waals surface area contributed by atoms with Crippen molar-refractivity contribution in [3.63, 3.8) is 0 Å². The van der Waals surface area contributed by atoms with Gasteiger partial charge < -0.3 is 6.15 Å². The van der Waals surface area contributed by atoms with Gasteiger partial charge in [0.05, 0.1) is 11.1 Å². The summed E-state index contributed by atoms with van der Waals surface area (Å²) >= 11 is 0. The molecule has 0 bridgehead atoms. The van der Waals surface area contributed by atoms with E-state index in [4.69, 9.17) is 10.5 Å². The molecule has 3 heteroatoms. The van der Waals surface area contributed by atoms with Crippen molar-refractivity contribution >= 4 is 0 Å². The molecule has 3 N–H and O–H groups in total. The van der Waals surface area contributed by atoms with Gasteiger partial charge in [-0.1, -0.05) is 36.4 Å². The number of aryl methyl sites for hydroxylation is 2. The van der Waals surface area contributed by atoms with Gasteiger partial charge in [-0.25, -0.2) is 0 Å². The van der Waals surface area contributed by atoms with Crippen LogP contribution in [-0.2, 0) is 0 Å². The van der Waals surface area contributed by atoms with Crippen LogP contribution in [0, 0.1) is 36.5 Å². The molecule has 0 spiro atoms. The smallest absolute Gasteiger partial charge is 0.101 e. The number of nitrogens with zero attached hydrogens (tertiary/aromatic N) is 2. The van der Waals surface area contributed by atoms with Gasteiger partial charge in [-0.15, -0.1) is 0 Å². The van der Waals surface area contributed by atoms with Crippen molar-refractivity contribution in [1.29, 1.82) is 10.5 Å². The molecule has 0 saturated carbocycles. The Bertz CT molecular complexity index is 550. The Labute approximate surface area is 114 Å². The summed E-state index contributed by atoms with van der Waals surface area (Å²) < 4.78 is 0. The van der Waals surface area contributed by atoms with Gasteiger partial charge in [0, 0.05) is 0 Å². The molecule has 0 saturated heterocycles. The van der Waals surface area contributed by atoms with Gasteiger partial charge in [0.2, 0.25) is 0 Å². The minimum absolute atomic E-state index is 0. The highest BCUT2D eigenvalue weighted by molar-refractivity contribution is 5.44. The van der Waals surface area contributed by atoms with E-state index in [1.165, 1.54) is 11.1 Å². The second-order valence-corrected chi connectivity index (χ2v) is 3.85. The maximum Gasteiger partial charge on any atom is 0.101 e. The van der Waals surface area contributed by atoms with E-state index in [2.05, 4.69) is 38.1 Å². The lowest BCUT2D eigenvalue weighted by molar-refractivity contribution is 1.34. The molecule has 0 aliphatic rings. The third-order valence-electron chi connectivity index (χ3n) is 2.59. The molecule has 2 aromatic carbocycles. The summed E-state index contributed by atoms with van der Waals surface area (Å²) in [4.78, 5) is 0.